The van der Waals surface area contributed by atoms with Gasteiger partial charge in [0, 0.05) is 19.3 Å². The van der Waals surface area contributed by atoms with Gasteiger partial charge >= 0.3 is 17.9 Å². The van der Waals surface area contributed by atoms with E-state index in [0.717, 1.165) is 77.0 Å². The molecular weight excluding hydrogens is 745 g/mol. The van der Waals surface area contributed by atoms with Crippen molar-refractivity contribution in [2.75, 3.05) is 13.2 Å². The van der Waals surface area contributed by atoms with E-state index in [0.29, 0.717) is 19.3 Å². The van der Waals surface area contributed by atoms with Crippen LogP contribution in [0.15, 0.2) is 12.2 Å². The second-order valence-electron chi connectivity index (χ2n) is 18.2. The maximum absolute atomic E-state index is 12.8. The van der Waals surface area contributed by atoms with E-state index in [1.165, 1.54) is 180 Å². The van der Waals surface area contributed by atoms with E-state index in [-0.39, 0.29) is 31.1 Å². The van der Waals surface area contributed by atoms with Crippen molar-refractivity contribution >= 4 is 17.9 Å². The zero-order valence-corrected chi connectivity index (χ0v) is 40.5. The number of rotatable bonds is 49. The lowest BCUT2D eigenvalue weighted by Gasteiger charge is -2.18. The minimum absolute atomic E-state index is 0.0680. The van der Waals surface area contributed by atoms with Gasteiger partial charge in [-0.05, 0) is 38.5 Å². The topological polar surface area (TPSA) is 78.9 Å². The van der Waals surface area contributed by atoms with Crippen LogP contribution in [-0.2, 0) is 28.6 Å². The number of allylic oxidation sites excluding steroid dienone is 2. The number of unbranched alkanes of at least 4 members (excludes halogenated alkanes) is 36. The monoisotopic (exact) mass is 847 g/mol. The fourth-order valence-electron chi connectivity index (χ4n) is 7.95. The summed E-state index contributed by atoms with van der Waals surface area (Å²) < 4.78 is 16.8. The summed E-state index contributed by atoms with van der Waals surface area (Å²) in [5.41, 5.74) is 0. The molecule has 0 saturated carbocycles. The van der Waals surface area contributed by atoms with Crippen molar-refractivity contribution in [3.8, 4) is 0 Å². The Kier molecular flexibility index (Phi) is 48.3. The highest BCUT2D eigenvalue weighted by molar-refractivity contribution is 5.71. The Morgan fingerprint density at radius 3 is 0.883 bits per heavy atom. The summed E-state index contributed by atoms with van der Waals surface area (Å²) in [6, 6.07) is 0. The normalized spacial score (nSPS) is 12.0. The number of esters is 3. The average Bonchev–Trinajstić information content (AvgIpc) is 3.24. The van der Waals surface area contributed by atoms with Gasteiger partial charge in [-0.3, -0.25) is 14.4 Å². The van der Waals surface area contributed by atoms with E-state index in [1.54, 1.807) is 0 Å². The molecule has 0 radical (unpaired) electrons. The summed E-state index contributed by atoms with van der Waals surface area (Å²) in [4.78, 5) is 37.9. The van der Waals surface area contributed by atoms with Crippen LogP contribution in [-0.4, -0.2) is 37.2 Å². The van der Waals surface area contributed by atoms with Crippen molar-refractivity contribution in [2.24, 2.45) is 0 Å². The second kappa shape index (κ2) is 49.8. The van der Waals surface area contributed by atoms with Crippen molar-refractivity contribution in [2.45, 2.75) is 303 Å². The molecule has 0 N–H and O–H groups in total. The van der Waals surface area contributed by atoms with Crippen LogP contribution in [0.4, 0.5) is 0 Å². The number of carbonyl (C=O) groups excluding carboxylic acids is 3. The van der Waals surface area contributed by atoms with Gasteiger partial charge in [0.25, 0.3) is 0 Å². The Bertz CT molecular complexity index is 931. The van der Waals surface area contributed by atoms with Gasteiger partial charge in [0.05, 0.1) is 0 Å². The Labute approximate surface area is 373 Å². The Balaban J connectivity index is 4.28. The van der Waals surface area contributed by atoms with Crippen LogP contribution in [0.2, 0.25) is 0 Å². The summed E-state index contributed by atoms with van der Waals surface area (Å²) in [5.74, 6) is -0.863. The molecule has 60 heavy (non-hydrogen) atoms. The lowest BCUT2D eigenvalue weighted by molar-refractivity contribution is -0.167. The number of ether oxygens (including phenoxy) is 3. The minimum Gasteiger partial charge on any atom is -0.462 e. The van der Waals surface area contributed by atoms with E-state index < -0.39 is 6.10 Å². The second-order valence-corrected chi connectivity index (χ2v) is 18.2. The van der Waals surface area contributed by atoms with Crippen LogP contribution in [0.25, 0.3) is 0 Å². The van der Waals surface area contributed by atoms with E-state index in [9.17, 15) is 14.4 Å². The fraction of sp³-hybridized carbons (Fsp3) is 0.907. The number of hydrogen-bond acceptors (Lipinski definition) is 6. The molecule has 0 aliphatic heterocycles. The van der Waals surface area contributed by atoms with Gasteiger partial charge in [-0.15, -0.1) is 0 Å². The molecule has 0 saturated heterocycles. The minimum atomic E-state index is -0.767. The third-order valence-electron chi connectivity index (χ3n) is 12.0. The van der Waals surface area contributed by atoms with Crippen LogP contribution in [0, 0.1) is 0 Å². The maximum atomic E-state index is 12.8. The molecular formula is C54H102O6. The van der Waals surface area contributed by atoms with Crippen LogP contribution < -0.4 is 0 Å². The predicted molar refractivity (Wildman–Crippen MR) is 256 cm³/mol. The van der Waals surface area contributed by atoms with Crippen LogP contribution in [0.1, 0.15) is 297 Å². The van der Waals surface area contributed by atoms with Crippen LogP contribution >= 0.6 is 0 Å². The predicted octanol–water partition coefficient (Wildman–Crippen LogP) is 17.4. The van der Waals surface area contributed by atoms with Gasteiger partial charge in [-0.2, -0.15) is 0 Å². The zero-order chi connectivity index (χ0) is 43.7. The Morgan fingerprint density at radius 2 is 0.567 bits per heavy atom. The largest absolute Gasteiger partial charge is 0.462 e. The van der Waals surface area contributed by atoms with Crippen molar-refractivity contribution in [1.82, 2.24) is 0 Å². The Morgan fingerprint density at radius 1 is 0.317 bits per heavy atom. The molecule has 1 atom stereocenters. The molecule has 6 heteroatoms. The summed E-state index contributed by atoms with van der Waals surface area (Å²) in [5, 5.41) is 0. The molecule has 0 fully saturated rings. The first-order valence-corrected chi connectivity index (χ1v) is 26.7. The van der Waals surface area contributed by atoms with Gasteiger partial charge in [-0.1, -0.05) is 251 Å². The third kappa shape index (κ3) is 47.2. The standard InChI is InChI=1S/C54H102O6/c1-4-7-10-13-16-19-22-24-26-28-30-32-35-38-41-44-47-53(56)59-50-51(49-58-52(55)46-43-40-37-34-21-18-15-12-9-6-3)60-54(57)48-45-42-39-36-33-31-29-27-25-23-20-17-14-11-8-5-2/h15,18,51H,4-14,16-17,19-50H2,1-3H3/b18-15-. The summed E-state index contributed by atoms with van der Waals surface area (Å²) in [6.07, 6.45) is 54.8. The molecule has 0 aromatic rings. The van der Waals surface area contributed by atoms with Crippen molar-refractivity contribution in [3.05, 3.63) is 12.2 Å². The number of carbonyl (C=O) groups is 3. The highest BCUT2D eigenvalue weighted by Gasteiger charge is 2.19. The van der Waals surface area contributed by atoms with Gasteiger partial charge in [0.1, 0.15) is 13.2 Å². The van der Waals surface area contributed by atoms with Gasteiger partial charge in [-0.25, -0.2) is 0 Å². The van der Waals surface area contributed by atoms with Gasteiger partial charge in [0.15, 0.2) is 6.10 Å². The smallest absolute Gasteiger partial charge is 0.306 e. The molecule has 0 bridgehead atoms. The van der Waals surface area contributed by atoms with Crippen LogP contribution in [0.3, 0.4) is 0 Å². The lowest BCUT2D eigenvalue weighted by Crippen LogP contribution is -2.30. The van der Waals surface area contributed by atoms with E-state index in [4.69, 9.17) is 14.2 Å². The summed E-state index contributed by atoms with van der Waals surface area (Å²) >= 11 is 0. The van der Waals surface area contributed by atoms with E-state index >= 15 is 0 Å². The molecule has 0 amide bonds. The summed E-state index contributed by atoms with van der Waals surface area (Å²) in [6.45, 7) is 6.63. The first kappa shape index (κ1) is 58.1. The van der Waals surface area contributed by atoms with Crippen molar-refractivity contribution in [1.29, 1.82) is 0 Å². The third-order valence-corrected chi connectivity index (χ3v) is 12.0. The molecule has 0 heterocycles. The fourth-order valence-corrected chi connectivity index (χ4v) is 7.95. The highest BCUT2D eigenvalue weighted by atomic mass is 16.6. The molecule has 1 unspecified atom stereocenters. The molecule has 0 aromatic carbocycles. The van der Waals surface area contributed by atoms with Crippen LogP contribution in [0.5, 0.6) is 0 Å². The van der Waals surface area contributed by atoms with E-state index in [2.05, 4.69) is 32.9 Å². The Hall–Kier alpha value is -1.85. The SMILES string of the molecule is CCCC/C=C\CCCCCCC(=O)OCC(COC(=O)CCCCCCCCCCCCCCCCCC)OC(=O)CCCCCCCCCCCCCCCCCC. The molecule has 354 valence electrons. The number of hydrogen-bond donors (Lipinski definition) is 0. The molecule has 0 aromatic heterocycles. The van der Waals surface area contributed by atoms with Gasteiger partial charge < -0.3 is 14.2 Å². The van der Waals surface area contributed by atoms with E-state index in [1.807, 2.05) is 0 Å². The molecule has 0 spiro atoms. The van der Waals surface area contributed by atoms with Gasteiger partial charge in [0.2, 0.25) is 0 Å². The first-order valence-electron chi connectivity index (χ1n) is 26.7. The quantitative estimate of drug-likeness (QED) is 0.0263. The summed E-state index contributed by atoms with van der Waals surface area (Å²) in [7, 11) is 0. The zero-order valence-electron chi connectivity index (χ0n) is 40.5. The molecule has 6 nitrogen and oxygen atoms in total. The average molecular weight is 847 g/mol. The molecule has 0 rings (SSSR count). The van der Waals surface area contributed by atoms with Crippen molar-refractivity contribution in [3.63, 3.8) is 0 Å². The van der Waals surface area contributed by atoms with Crippen molar-refractivity contribution < 1.29 is 28.6 Å². The lowest BCUT2D eigenvalue weighted by atomic mass is 10.0. The molecule has 0 aliphatic rings. The highest BCUT2D eigenvalue weighted by Crippen LogP contribution is 2.17. The maximum Gasteiger partial charge on any atom is 0.306 e. The first-order chi connectivity index (χ1) is 29.5. The molecule has 0 aliphatic carbocycles.